The fraction of sp³-hybridized carbons (Fsp3) is 0.688. The Morgan fingerprint density at radius 3 is 2.50 bits per heavy atom. The molecule has 112 valence electrons. The van der Waals surface area contributed by atoms with Gasteiger partial charge in [-0.1, -0.05) is 43.7 Å². The summed E-state index contributed by atoms with van der Waals surface area (Å²) in [6.07, 6.45) is 10.3. The van der Waals surface area contributed by atoms with Gasteiger partial charge in [0.05, 0.1) is 4.34 Å². The minimum Gasteiger partial charge on any atom is -0.343 e. The highest BCUT2D eigenvalue weighted by atomic mass is 35.5. The quantitative estimate of drug-likeness (QED) is 0.773. The summed E-state index contributed by atoms with van der Waals surface area (Å²) in [5.41, 5.74) is 0. The number of halogens is 1. The average Bonchev–Trinajstić information content (AvgIpc) is 2.81. The van der Waals surface area contributed by atoms with Crippen molar-refractivity contribution in [3.05, 3.63) is 21.3 Å². The Balaban J connectivity index is 1.80. The van der Waals surface area contributed by atoms with E-state index in [1.807, 2.05) is 24.1 Å². The van der Waals surface area contributed by atoms with E-state index in [4.69, 9.17) is 11.6 Å². The number of rotatable bonds is 4. The Labute approximate surface area is 131 Å². The van der Waals surface area contributed by atoms with Crippen molar-refractivity contribution in [1.82, 2.24) is 4.90 Å². The smallest absolute Gasteiger partial charge is 0.222 e. The maximum atomic E-state index is 12.3. The molecular weight excluding hydrogens is 290 g/mol. The van der Waals surface area contributed by atoms with E-state index in [1.54, 1.807) is 11.3 Å². The molecule has 1 heterocycles. The highest BCUT2D eigenvalue weighted by Gasteiger charge is 2.20. The highest BCUT2D eigenvalue weighted by Crippen LogP contribution is 2.24. The summed E-state index contributed by atoms with van der Waals surface area (Å²) in [5, 5.41) is 0. The number of hydrogen-bond donors (Lipinski definition) is 0. The topological polar surface area (TPSA) is 20.3 Å². The van der Waals surface area contributed by atoms with Crippen molar-refractivity contribution >= 4 is 28.8 Å². The second-order valence-corrected chi connectivity index (χ2v) is 7.51. The highest BCUT2D eigenvalue weighted by molar-refractivity contribution is 7.16. The summed E-state index contributed by atoms with van der Waals surface area (Å²) in [4.78, 5) is 15.5. The first-order valence-corrected chi connectivity index (χ1v) is 8.86. The SMILES string of the molecule is CN(C(=O)CCc1ccc(Cl)s1)C1CCCCCCC1. The zero-order chi connectivity index (χ0) is 14.4. The fourth-order valence-corrected chi connectivity index (χ4v) is 4.01. The Bertz CT molecular complexity index is 424. The molecule has 1 aliphatic rings. The van der Waals surface area contributed by atoms with Crippen molar-refractivity contribution in [2.45, 2.75) is 63.8 Å². The van der Waals surface area contributed by atoms with E-state index in [0.29, 0.717) is 12.5 Å². The van der Waals surface area contributed by atoms with Crippen LogP contribution in [0.4, 0.5) is 0 Å². The van der Waals surface area contributed by atoms with Gasteiger partial charge >= 0.3 is 0 Å². The van der Waals surface area contributed by atoms with E-state index in [-0.39, 0.29) is 5.91 Å². The van der Waals surface area contributed by atoms with Crippen LogP contribution in [-0.4, -0.2) is 23.9 Å². The number of carbonyl (C=O) groups excluding carboxylic acids is 1. The molecule has 0 spiro atoms. The van der Waals surface area contributed by atoms with Crippen LogP contribution in [0.5, 0.6) is 0 Å². The molecular formula is C16H24ClNOS. The zero-order valence-electron chi connectivity index (χ0n) is 12.2. The van der Waals surface area contributed by atoms with E-state index < -0.39 is 0 Å². The lowest BCUT2D eigenvalue weighted by Gasteiger charge is -2.29. The normalized spacial score (nSPS) is 17.5. The lowest BCUT2D eigenvalue weighted by molar-refractivity contribution is -0.132. The summed E-state index contributed by atoms with van der Waals surface area (Å²) in [7, 11) is 1.98. The van der Waals surface area contributed by atoms with Crippen LogP contribution >= 0.6 is 22.9 Å². The van der Waals surface area contributed by atoms with Gasteiger partial charge in [0.15, 0.2) is 0 Å². The molecule has 0 radical (unpaired) electrons. The number of hydrogen-bond acceptors (Lipinski definition) is 2. The summed E-state index contributed by atoms with van der Waals surface area (Å²) >= 11 is 7.49. The van der Waals surface area contributed by atoms with Gasteiger partial charge in [0.2, 0.25) is 5.91 Å². The van der Waals surface area contributed by atoms with Gasteiger partial charge in [-0.3, -0.25) is 4.79 Å². The molecule has 1 amide bonds. The molecule has 2 rings (SSSR count). The van der Waals surface area contributed by atoms with Crippen LogP contribution < -0.4 is 0 Å². The molecule has 0 atom stereocenters. The van der Waals surface area contributed by atoms with Gasteiger partial charge in [0, 0.05) is 24.4 Å². The van der Waals surface area contributed by atoms with Crippen molar-refractivity contribution in [3.8, 4) is 0 Å². The Hall–Kier alpha value is -0.540. The first kappa shape index (κ1) is 15.8. The molecule has 1 aliphatic carbocycles. The van der Waals surface area contributed by atoms with Crippen LogP contribution in [0.1, 0.15) is 56.2 Å². The van der Waals surface area contributed by atoms with Gasteiger partial charge in [0.25, 0.3) is 0 Å². The molecule has 1 saturated carbocycles. The third-order valence-electron chi connectivity index (χ3n) is 4.23. The molecule has 0 N–H and O–H groups in total. The van der Waals surface area contributed by atoms with Gasteiger partial charge in [0.1, 0.15) is 0 Å². The molecule has 20 heavy (non-hydrogen) atoms. The summed E-state index contributed by atoms with van der Waals surface area (Å²) in [5.74, 6) is 0.278. The second kappa shape index (κ2) is 8.04. The fourth-order valence-electron chi connectivity index (χ4n) is 2.92. The standard InChI is InChI=1S/C16H24ClNOS/c1-18(13-7-5-3-2-4-6-8-13)16(19)12-10-14-9-11-15(17)20-14/h9,11,13H,2-8,10,12H2,1H3. The summed E-state index contributed by atoms with van der Waals surface area (Å²) < 4.78 is 0.806. The third kappa shape index (κ3) is 4.78. The average molecular weight is 314 g/mol. The first-order valence-electron chi connectivity index (χ1n) is 7.66. The minimum atomic E-state index is 0.278. The van der Waals surface area contributed by atoms with Crippen molar-refractivity contribution in [2.24, 2.45) is 0 Å². The van der Waals surface area contributed by atoms with Crippen LogP contribution in [0.25, 0.3) is 0 Å². The molecule has 0 saturated heterocycles. The van der Waals surface area contributed by atoms with Crippen LogP contribution in [0.3, 0.4) is 0 Å². The van der Waals surface area contributed by atoms with Crippen LogP contribution in [0.2, 0.25) is 4.34 Å². The van der Waals surface area contributed by atoms with Gasteiger partial charge in [-0.25, -0.2) is 0 Å². The molecule has 1 aromatic heterocycles. The molecule has 0 bridgehead atoms. The number of nitrogens with zero attached hydrogens (tertiary/aromatic N) is 1. The Morgan fingerprint density at radius 1 is 1.25 bits per heavy atom. The van der Waals surface area contributed by atoms with E-state index in [0.717, 1.165) is 10.8 Å². The van der Waals surface area contributed by atoms with Gasteiger partial charge in [-0.2, -0.15) is 0 Å². The maximum absolute atomic E-state index is 12.3. The van der Waals surface area contributed by atoms with E-state index in [9.17, 15) is 4.79 Å². The van der Waals surface area contributed by atoms with Gasteiger partial charge < -0.3 is 4.90 Å². The maximum Gasteiger partial charge on any atom is 0.222 e. The van der Waals surface area contributed by atoms with Crippen LogP contribution in [0, 0.1) is 0 Å². The van der Waals surface area contributed by atoms with Crippen molar-refractivity contribution < 1.29 is 4.79 Å². The third-order valence-corrected chi connectivity index (χ3v) is 5.52. The number of amides is 1. The number of carbonyl (C=O) groups is 1. The largest absolute Gasteiger partial charge is 0.343 e. The Morgan fingerprint density at radius 2 is 1.90 bits per heavy atom. The lowest BCUT2D eigenvalue weighted by atomic mass is 9.95. The minimum absolute atomic E-state index is 0.278. The monoisotopic (exact) mass is 313 g/mol. The van der Waals surface area contributed by atoms with E-state index in [2.05, 4.69) is 0 Å². The summed E-state index contributed by atoms with van der Waals surface area (Å²) in [6.45, 7) is 0. The first-order chi connectivity index (χ1) is 9.66. The number of thiophene rings is 1. The predicted octanol–water partition coefficient (Wildman–Crippen LogP) is 4.91. The van der Waals surface area contributed by atoms with Crippen LogP contribution in [0.15, 0.2) is 12.1 Å². The lowest BCUT2D eigenvalue weighted by Crippen LogP contribution is -2.37. The molecule has 0 unspecified atom stereocenters. The molecule has 4 heteroatoms. The molecule has 1 fully saturated rings. The predicted molar refractivity (Wildman–Crippen MR) is 86.5 cm³/mol. The number of aryl methyl sites for hydroxylation is 1. The molecule has 0 aliphatic heterocycles. The van der Waals surface area contributed by atoms with E-state index in [1.165, 1.54) is 49.8 Å². The Kier molecular flexibility index (Phi) is 6.37. The summed E-state index contributed by atoms with van der Waals surface area (Å²) in [6, 6.07) is 4.38. The molecule has 2 nitrogen and oxygen atoms in total. The van der Waals surface area contributed by atoms with Crippen molar-refractivity contribution in [1.29, 1.82) is 0 Å². The zero-order valence-corrected chi connectivity index (χ0v) is 13.8. The van der Waals surface area contributed by atoms with Crippen molar-refractivity contribution in [3.63, 3.8) is 0 Å². The van der Waals surface area contributed by atoms with Crippen LogP contribution in [-0.2, 0) is 11.2 Å². The molecule has 1 aromatic rings. The van der Waals surface area contributed by atoms with Gasteiger partial charge in [-0.05, 0) is 31.4 Å². The van der Waals surface area contributed by atoms with Crippen molar-refractivity contribution in [2.75, 3.05) is 7.05 Å². The van der Waals surface area contributed by atoms with Gasteiger partial charge in [-0.15, -0.1) is 11.3 Å². The second-order valence-electron chi connectivity index (χ2n) is 5.71. The van der Waals surface area contributed by atoms with E-state index >= 15 is 0 Å². The molecule has 0 aromatic carbocycles.